The molecule has 0 saturated carbocycles. The van der Waals surface area contributed by atoms with Crippen LogP contribution < -0.4 is 0 Å². The summed E-state index contributed by atoms with van der Waals surface area (Å²) in [4.78, 5) is 5.79. The van der Waals surface area contributed by atoms with Gasteiger partial charge < -0.3 is 0 Å². The molecule has 3 heterocycles. The van der Waals surface area contributed by atoms with Crippen molar-refractivity contribution in [3.05, 3.63) is 41.7 Å². The molecule has 0 aromatic carbocycles. The zero-order valence-corrected chi connectivity index (χ0v) is 11.8. The smallest absolute Gasteiger partial charge is 0.251 e. The lowest BCUT2D eigenvalue weighted by Gasteiger charge is -2.43. The zero-order chi connectivity index (χ0) is 15.7. The van der Waals surface area contributed by atoms with Crippen LogP contribution in [0.1, 0.15) is 24.0 Å². The zero-order valence-electron chi connectivity index (χ0n) is 11.8. The van der Waals surface area contributed by atoms with Gasteiger partial charge in [0.15, 0.2) is 0 Å². The summed E-state index contributed by atoms with van der Waals surface area (Å²) in [6, 6.07) is 5.72. The van der Waals surface area contributed by atoms with Crippen LogP contribution in [0.3, 0.4) is 0 Å². The van der Waals surface area contributed by atoms with E-state index < -0.39 is 11.8 Å². The number of piperidine rings is 1. The highest BCUT2D eigenvalue weighted by Gasteiger charge is 2.48. The Morgan fingerprint density at radius 3 is 2.50 bits per heavy atom. The Balaban J connectivity index is 1.92. The molecule has 2 aliphatic rings. The van der Waals surface area contributed by atoms with Crippen LogP contribution in [0.4, 0.5) is 8.78 Å². The fraction of sp³-hybridized carbons (Fsp3) is 0.438. The van der Waals surface area contributed by atoms with Gasteiger partial charge in [-0.2, -0.15) is 10.5 Å². The van der Waals surface area contributed by atoms with Gasteiger partial charge in [0.05, 0.1) is 23.6 Å². The van der Waals surface area contributed by atoms with Gasteiger partial charge in [0, 0.05) is 24.5 Å². The van der Waals surface area contributed by atoms with Crippen LogP contribution in [0, 0.1) is 22.7 Å². The Morgan fingerprint density at radius 1 is 1.27 bits per heavy atom. The van der Waals surface area contributed by atoms with E-state index in [9.17, 15) is 14.0 Å². The van der Waals surface area contributed by atoms with Crippen molar-refractivity contribution >= 4 is 0 Å². The van der Waals surface area contributed by atoms with Crippen LogP contribution in [0.5, 0.6) is 0 Å². The van der Waals surface area contributed by atoms with Gasteiger partial charge in [0.2, 0.25) is 0 Å². The highest BCUT2D eigenvalue weighted by Crippen LogP contribution is 2.44. The third-order valence-electron chi connectivity index (χ3n) is 4.51. The lowest BCUT2D eigenvalue weighted by Crippen LogP contribution is -2.51. The van der Waals surface area contributed by atoms with Crippen molar-refractivity contribution in [1.29, 1.82) is 10.5 Å². The molecule has 1 unspecified atom stereocenters. The predicted octanol–water partition coefficient (Wildman–Crippen LogP) is 2.38. The average molecular weight is 300 g/mol. The molecule has 6 heteroatoms. The lowest BCUT2D eigenvalue weighted by atomic mass is 9.71. The van der Waals surface area contributed by atoms with E-state index in [1.54, 1.807) is 17.2 Å². The largest absolute Gasteiger partial charge is 0.285 e. The van der Waals surface area contributed by atoms with Gasteiger partial charge in [-0.1, -0.05) is 12.2 Å². The summed E-state index contributed by atoms with van der Waals surface area (Å²) in [5, 5.41) is 18.7. The lowest BCUT2D eigenvalue weighted by molar-refractivity contribution is 0.0381. The summed E-state index contributed by atoms with van der Waals surface area (Å²) in [5.74, 6) is 0. The molecule has 1 fully saturated rings. The number of alkyl halides is 2. The number of hydrogen-bond acceptors (Lipinski definition) is 4. The second kappa shape index (κ2) is 5.47. The number of pyridine rings is 1. The third kappa shape index (κ3) is 2.36. The summed E-state index contributed by atoms with van der Waals surface area (Å²) < 4.78 is 25.4. The number of hydrogen-bond donors (Lipinski definition) is 0. The third-order valence-corrected chi connectivity index (χ3v) is 4.51. The average Bonchev–Trinajstić information content (AvgIpc) is 2.76. The second-order valence-corrected chi connectivity index (χ2v) is 5.78. The number of nitriles is 2. The number of halogens is 2. The first-order chi connectivity index (χ1) is 10.6. The Hall–Kier alpha value is -2.31. The van der Waals surface area contributed by atoms with Crippen molar-refractivity contribution in [2.75, 3.05) is 6.54 Å². The molecule has 3 atom stereocenters. The van der Waals surface area contributed by atoms with Crippen LogP contribution in [0.15, 0.2) is 30.6 Å². The standard InChI is InChI=1S/C16H14F2N4/c17-15(18)9-22-13-1-2-14(22)5-16(4-13,10-20)12-3-11(6-19)7-21-8-12/h1-3,7-8,13-15H,4-5,9H2/t13-,14+,16?. The number of aromatic nitrogens is 1. The first-order valence-corrected chi connectivity index (χ1v) is 7.07. The van der Waals surface area contributed by atoms with Crippen molar-refractivity contribution in [3.8, 4) is 12.1 Å². The Kier molecular flexibility index (Phi) is 3.64. The van der Waals surface area contributed by atoms with Crippen molar-refractivity contribution in [1.82, 2.24) is 9.88 Å². The molecule has 1 saturated heterocycles. The minimum absolute atomic E-state index is 0.168. The first-order valence-electron chi connectivity index (χ1n) is 7.07. The number of fused-ring (bicyclic) bond motifs is 2. The van der Waals surface area contributed by atoms with Crippen molar-refractivity contribution in [2.24, 2.45) is 0 Å². The van der Waals surface area contributed by atoms with Gasteiger partial charge in [0.1, 0.15) is 6.07 Å². The van der Waals surface area contributed by atoms with Gasteiger partial charge in [0.25, 0.3) is 6.43 Å². The van der Waals surface area contributed by atoms with E-state index in [1.807, 2.05) is 18.2 Å². The molecule has 4 nitrogen and oxygen atoms in total. The summed E-state index contributed by atoms with van der Waals surface area (Å²) in [7, 11) is 0. The van der Waals surface area contributed by atoms with Gasteiger partial charge in [-0.15, -0.1) is 0 Å². The highest BCUT2D eigenvalue weighted by atomic mass is 19.3. The second-order valence-electron chi connectivity index (χ2n) is 5.78. The summed E-state index contributed by atoms with van der Waals surface area (Å²) in [6.07, 6.45) is 5.38. The molecule has 1 aromatic heterocycles. The van der Waals surface area contributed by atoms with Crippen LogP contribution in [0.2, 0.25) is 0 Å². The van der Waals surface area contributed by atoms with Gasteiger partial charge in [-0.3, -0.25) is 9.88 Å². The summed E-state index contributed by atoms with van der Waals surface area (Å²) in [6.45, 7) is -0.277. The van der Waals surface area contributed by atoms with E-state index in [0.717, 1.165) is 0 Å². The molecule has 2 bridgehead atoms. The van der Waals surface area contributed by atoms with E-state index in [1.165, 1.54) is 6.20 Å². The topological polar surface area (TPSA) is 63.7 Å². The molecule has 3 rings (SSSR count). The molecule has 2 aliphatic heterocycles. The van der Waals surface area contributed by atoms with Gasteiger partial charge >= 0.3 is 0 Å². The molecule has 0 radical (unpaired) electrons. The van der Waals surface area contributed by atoms with E-state index >= 15 is 0 Å². The fourth-order valence-electron chi connectivity index (χ4n) is 3.48. The molecular weight excluding hydrogens is 286 g/mol. The van der Waals surface area contributed by atoms with Gasteiger partial charge in [-0.05, 0) is 24.5 Å². The Bertz CT molecular complexity index is 670. The van der Waals surface area contributed by atoms with E-state index in [0.29, 0.717) is 24.0 Å². The van der Waals surface area contributed by atoms with Crippen LogP contribution in [-0.4, -0.2) is 34.9 Å². The molecule has 0 spiro atoms. The minimum atomic E-state index is -2.39. The van der Waals surface area contributed by atoms with E-state index in [-0.39, 0.29) is 18.6 Å². The SMILES string of the molecule is N#Cc1cncc(C2(C#N)C[C@H]3C=C[C@@H](C2)N3CC(F)F)c1. The highest BCUT2D eigenvalue weighted by molar-refractivity contribution is 5.40. The van der Waals surface area contributed by atoms with Crippen molar-refractivity contribution in [2.45, 2.75) is 36.8 Å². The Morgan fingerprint density at radius 2 is 1.95 bits per heavy atom. The number of rotatable bonds is 3. The van der Waals surface area contributed by atoms with E-state index in [2.05, 4.69) is 11.1 Å². The molecule has 22 heavy (non-hydrogen) atoms. The maximum absolute atomic E-state index is 12.7. The van der Waals surface area contributed by atoms with Crippen LogP contribution in [0.25, 0.3) is 0 Å². The van der Waals surface area contributed by atoms with Crippen molar-refractivity contribution in [3.63, 3.8) is 0 Å². The normalized spacial score (nSPS) is 30.2. The van der Waals surface area contributed by atoms with Crippen LogP contribution in [-0.2, 0) is 5.41 Å². The maximum atomic E-state index is 12.7. The van der Waals surface area contributed by atoms with Crippen LogP contribution >= 0.6 is 0 Å². The Labute approximate surface area is 127 Å². The summed E-state index contributed by atoms with van der Waals surface area (Å²) in [5.41, 5.74) is 0.323. The molecule has 112 valence electrons. The van der Waals surface area contributed by atoms with Gasteiger partial charge in [-0.25, -0.2) is 8.78 Å². The fourth-order valence-corrected chi connectivity index (χ4v) is 3.48. The molecular formula is C16H14F2N4. The van der Waals surface area contributed by atoms with Crippen molar-refractivity contribution < 1.29 is 8.78 Å². The predicted molar refractivity (Wildman–Crippen MR) is 74.9 cm³/mol. The quantitative estimate of drug-likeness (QED) is 0.804. The molecule has 1 aromatic rings. The minimum Gasteiger partial charge on any atom is -0.285 e. The summed E-state index contributed by atoms with van der Waals surface area (Å²) >= 11 is 0. The molecule has 0 amide bonds. The molecule has 0 aliphatic carbocycles. The molecule has 0 N–H and O–H groups in total. The monoisotopic (exact) mass is 300 g/mol. The van der Waals surface area contributed by atoms with E-state index in [4.69, 9.17) is 5.26 Å². The number of nitrogens with zero attached hydrogens (tertiary/aromatic N) is 4. The maximum Gasteiger partial charge on any atom is 0.251 e. The first kappa shape index (κ1) is 14.6.